The van der Waals surface area contributed by atoms with Gasteiger partial charge in [-0.15, -0.1) is 0 Å². The Morgan fingerprint density at radius 2 is 2.00 bits per heavy atom. The molecule has 1 aromatic rings. The summed E-state index contributed by atoms with van der Waals surface area (Å²) in [7, 11) is -1.95. The number of nitrogens with zero attached hydrogens (tertiary/aromatic N) is 1. The average Bonchev–Trinajstić information content (AvgIpc) is 2.66. The Bertz CT molecular complexity index is 727. The molecule has 0 saturated carbocycles. The topological polar surface area (TPSA) is 99.1 Å². The quantitative estimate of drug-likeness (QED) is 0.485. The molecule has 1 saturated heterocycles. The van der Waals surface area contributed by atoms with Crippen LogP contribution in [0.1, 0.15) is 24.0 Å². The second-order valence-corrected chi connectivity index (χ2v) is 6.72. The van der Waals surface area contributed by atoms with Gasteiger partial charge in [0.25, 0.3) is 0 Å². The van der Waals surface area contributed by atoms with Crippen LogP contribution in [0.2, 0.25) is 0 Å². The Morgan fingerprint density at radius 3 is 2.55 bits per heavy atom. The Hall–Kier alpha value is -2.53. The molecule has 3 N–H and O–H groups in total. The number of alkyl carbamates (subject to hydrolysis) is 1. The minimum Gasteiger partial charge on any atom is -0.444 e. The van der Waals surface area contributed by atoms with Gasteiger partial charge in [-0.2, -0.15) is 13.2 Å². The summed E-state index contributed by atoms with van der Waals surface area (Å²) >= 11 is 0. The zero-order valence-electron chi connectivity index (χ0n) is 15.6. The minimum absolute atomic E-state index is 0.114. The number of rotatable bonds is 6. The zero-order chi connectivity index (χ0) is 21.6. The lowest BCUT2D eigenvalue weighted by atomic mass is 9.76. The lowest BCUT2D eigenvalue weighted by Gasteiger charge is -2.32. The maximum Gasteiger partial charge on any atom is 0.475 e. The lowest BCUT2D eigenvalue weighted by Crippen LogP contribution is -2.50. The van der Waals surface area contributed by atoms with Crippen molar-refractivity contribution in [3.8, 4) is 0 Å². The summed E-state index contributed by atoms with van der Waals surface area (Å²) in [4.78, 5) is 25.3. The van der Waals surface area contributed by atoms with Gasteiger partial charge in [0.1, 0.15) is 6.10 Å². The molecule has 7 nitrogen and oxygen atoms in total. The molecule has 1 heterocycles. The molecule has 2 rings (SSSR count). The lowest BCUT2D eigenvalue weighted by molar-refractivity contribution is -0.137. The van der Waals surface area contributed by atoms with Gasteiger partial charge in [0.2, 0.25) is 5.91 Å². The van der Waals surface area contributed by atoms with Gasteiger partial charge in [0.15, 0.2) is 0 Å². The summed E-state index contributed by atoms with van der Waals surface area (Å²) in [6, 6.07) is 4.15. The van der Waals surface area contributed by atoms with E-state index in [1.54, 1.807) is 0 Å². The molecule has 158 valence electrons. The van der Waals surface area contributed by atoms with Gasteiger partial charge in [-0.3, -0.25) is 4.79 Å². The van der Waals surface area contributed by atoms with Crippen LogP contribution in [-0.4, -0.2) is 59.2 Å². The molecule has 0 aromatic heterocycles. The summed E-state index contributed by atoms with van der Waals surface area (Å²) in [5.41, 5.74) is -0.456. The Morgan fingerprint density at radius 1 is 1.34 bits per heavy atom. The van der Waals surface area contributed by atoms with Gasteiger partial charge >= 0.3 is 19.4 Å². The Balaban J connectivity index is 1.93. The van der Waals surface area contributed by atoms with Crippen molar-refractivity contribution < 1.29 is 37.5 Å². The van der Waals surface area contributed by atoms with Gasteiger partial charge in [-0.05, 0) is 43.0 Å². The highest BCUT2D eigenvalue weighted by Gasteiger charge is 2.31. The van der Waals surface area contributed by atoms with E-state index in [0.717, 1.165) is 12.1 Å². The van der Waals surface area contributed by atoms with E-state index in [9.17, 15) is 32.8 Å². The van der Waals surface area contributed by atoms with Crippen molar-refractivity contribution in [1.29, 1.82) is 0 Å². The van der Waals surface area contributed by atoms with E-state index in [4.69, 9.17) is 4.74 Å². The van der Waals surface area contributed by atoms with Crippen LogP contribution in [0, 0.1) is 0 Å². The summed E-state index contributed by atoms with van der Waals surface area (Å²) in [6.07, 6.45) is -3.71. The molecule has 0 spiro atoms. The molecule has 11 heteroatoms. The normalized spacial score (nSPS) is 18.0. The first-order chi connectivity index (χ1) is 13.6. The molecule has 29 heavy (non-hydrogen) atoms. The van der Waals surface area contributed by atoms with E-state index in [0.29, 0.717) is 24.9 Å². The SMILES string of the molecule is C=CC(=O)N1CCCC(OC(=O)NC(Cc2ccc(C(F)(F)F)cc2)B(O)O)C1. The number of amides is 2. The fourth-order valence-electron chi connectivity index (χ4n) is 3.02. The van der Waals surface area contributed by atoms with Crippen LogP contribution in [0.15, 0.2) is 36.9 Å². The first kappa shape index (κ1) is 22.8. The zero-order valence-corrected chi connectivity index (χ0v) is 15.6. The smallest absolute Gasteiger partial charge is 0.444 e. The molecule has 0 radical (unpaired) electrons. The second-order valence-electron chi connectivity index (χ2n) is 6.72. The number of carbonyl (C=O) groups is 2. The molecule has 1 aliphatic rings. The van der Waals surface area contributed by atoms with Crippen LogP contribution >= 0.6 is 0 Å². The number of hydrogen-bond acceptors (Lipinski definition) is 5. The molecule has 1 aromatic carbocycles. The summed E-state index contributed by atoms with van der Waals surface area (Å²) in [5.74, 6) is -1.46. The highest BCUT2D eigenvalue weighted by molar-refractivity contribution is 6.43. The molecule has 0 aliphatic carbocycles. The molecule has 2 unspecified atom stereocenters. The maximum atomic E-state index is 12.6. The molecule has 1 fully saturated rings. The van der Waals surface area contributed by atoms with Crippen molar-refractivity contribution in [3.05, 3.63) is 48.0 Å². The monoisotopic (exact) mass is 414 g/mol. The highest BCUT2D eigenvalue weighted by atomic mass is 19.4. The number of hydrogen-bond donors (Lipinski definition) is 3. The van der Waals surface area contributed by atoms with Gasteiger partial charge in [0.05, 0.1) is 18.0 Å². The largest absolute Gasteiger partial charge is 0.475 e. The molecule has 2 atom stereocenters. The fraction of sp³-hybridized carbons (Fsp3) is 0.444. The van der Waals surface area contributed by atoms with Crippen LogP contribution in [0.4, 0.5) is 18.0 Å². The van der Waals surface area contributed by atoms with E-state index >= 15 is 0 Å². The van der Waals surface area contributed by atoms with E-state index in [2.05, 4.69) is 11.9 Å². The number of ether oxygens (including phenoxy) is 1. The molecule has 2 amide bonds. The molecular formula is C18H22BF3N2O5. The fourth-order valence-corrected chi connectivity index (χ4v) is 3.02. The van der Waals surface area contributed by atoms with Crippen LogP contribution in [0.5, 0.6) is 0 Å². The van der Waals surface area contributed by atoms with Crippen molar-refractivity contribution >= 4 is 19.1 Å². The van der Waals surface area contributed by atoms with E-state index in [-0.39, 0.29) is 18.9 Å². The summed E-state index contributed by atoms with van der Waals surface area (Å²) in [5, 5.41) is 21.3. The number of benzene rings is 1. The predicted molar refractivity (Wildman–Crippen MR) is 98.5 cm³/mol. The third kappa shape index (κ3) is 6.79. The second kappa shape index (κ2) is 9.79. The highest BCUT2D eigenvalue weighted by Crippen LogP contribution is 2.29. The number of likely N-dealkylation sites (tertiary alicyclic amines) is 1. The number of nitrogens with one attached hydrogen (secondary N) is 1. The average molecular weight is 414 g/mol. The first-order valence-corrected chi connectivity index (χ1v) is 9.01. The summed E-state index contributed by atoms with van der Waals surface area (Å²) in [6.45, 7) is 4.13. The van der Waals surface area contributed by atoms with Crippen molar-refractivity contribution in [2.24, 2.45) is 0 Å². The van der Waals surface area contributed by atoms with Gasteiger partial charge < -0.3 is 25.0 Å². The number of alkyl halides is 3. The van der Waals surface area contributed by atoms with Crippen LogP contribution in [0.25, 0.3) is 0 Å². The van der Waals surface area contributed by atoms with Crippen molar-refractivity contribution in [2.75, 3.05) is 13.1 Å². The predicted octanol–water partition coefficient (Wildman–Crippen LogP) is 1.53. The number of carbonyl (C=O) groups excluding carboxylic acids is 2. The molecule has 0 bridgehead atoms. The van der Waals surface area contributed by atoms with E-state index in [1.807, 2.05) is 0 Å². The summed E-state index contributed by atoms with van der Waals surface area (Å²) < 4.78 is 43.1. The Kier molecular flexibility index (Phi) is 7.69. The van der Waals surface area contributed by atoms with E-state index < -0.39 is 37.0 Å². The van der Waals surface area contributed by atoms with Crippen molar-refractivity contribution in [3.63, 3.8) is 0 Å². The van der Waals surface area contributed by atoms with E-state index in [1.165, 1.54) is 23.1 Å². The minimum atomic E-state index is -4.47. The van der Waals surface area contributed by atoms with Crippen LogP contribution in [-0.2, 0) is 22.1 Å². The Labute approximate surface area is 166 Å². The van der Waals surface area contributed by atoms with Gasteiger partial charge in [-0.1, -0.05) is 18.7 Å². The van der Waals surface area contributed by atoms with Crippen molar-refractivity contribution in [2.45, 2.75) is 37.5 Å². The van der Waals surface area contributed by atoms with Gasteiger partial charge in [-0.25, -0.2) is 4.79 Å². The third-order valence-corrected chi connectivity index (χ3v) is 4.54. The number of piperidine rings is 1. The maximum absolute atomic E-state index is 12.6. The molecule has 1 aliphatic heterocycles. The third-order valence-electron chi connectivity index (χ3n) is 4.54. The van der Waals surface area contributed by atoms with Crippen LogP contribution in [0.3, 0.4) is 0 Å². The van der Waals surface area contributed by atoms with Crippen molar-refractivity contribution in [1.82, 2.24) is 10.2 Å². The first-order valence-electron chi connectivity index (χ1n) is 9.01. The van der Waals surface area contributed by atoms with Crippen LogP contribution < -0.4 is 5.32 Å². The number of halogens is 3. The van der Waals surface area contributed by atoms with Gasteiger partial charge in [0, 0.05) is 6.54 Å². The molecular weight excluding hydrogens is 392 g/mol. The standard InChI is InChI=1S/C18H22BF3N2O5/c1-2-16(25)24-9-3-4-14(11-24)29-17(26)23-15(19(27)28)10-12-5-7-13(8-6-12)18(20,21)22/h2,5-8,14-15,27-28H,1,3-4,9-11H2,(H,23,26).